The van der Waals surface area contributed by atoms with Crippen molar-refractivity contribution in [1.82, 2.24) is 5.32 Å². The first-order valence-corrected chi connectivity index (χ1v) is 7.28. The predicted octanol–water partition coefficient (Wildman–Crippen LogP) is 3.87. The summed E-state index contributed by atoms with van der Waals surface area (Å²) >= 11 is 3.52. The molecule has 1 N–H and O–H groups in total. The highest BCUT2D eigenvalue weighted by atomic mass is 79.9. The average Bonchev–Trinajstić information content (AvgIpc) is 2.37. The molecule has 0 heterocycles. The highest BCUT2D eigenvalue weighted by Gasteiger charge is 2.09. The van der Waals surface area contributed by atoms with E-state index < -0.39 is 0 Å². The lowest BCUT2D eigenvalue weighted by Gasteiger charge is -2.12. The fraction of sp³-hybridized carbons (Fsp3) is 0.467. The Hall–Kier alpha value is -1.00. The number of benzene rings is 1. The molecule has 1 rings (SSSR count). The molecule has 0 saturated heterocycles. The molecular formula is C15H22BrNO2. The maximum absolute atomic E-state index is 5.56. The van der Waals surface area contributed by atoms with E-state index >= 15 is 0 Å². The highest BCUT2D eigenvalue weighted by Crippen LogP contribution is 2.36. The van der Waals surface area contributed by atoms with Crippen LogP contribution in [0.25, 0.3) is 6.08 Å². The molecular weight excluding hydrogens is 306 g/mol. The maximum Gasteiger partial charge on any atom is 0.175 e. The molecule has 0 aliphatic heterocycles. The molecule has 0 unspecified atom stereocenters. The molecule has 1 aromatic carbocycles. The topological polar surface area (TPSA) is 30.5 Å². The fourth-order valence-electron chi connectivity index (χ4n) is 1.62. The van der Waals surface area contributed by atoms with Gasteiger partial charge in [-0.05, 0) is 40.5 Å². The van der Waals surface area contributed by atoms with E-state index in [1.807, 2.05) is 19.1 Å². The summed E-state index contributed by atoms with van der Waals surface area (Å²) < 4.78 is 11.8. The number of halogens is 1. The second-order valence-corrected chi connectivity index (χ2v) is 5.29. The smallest absolute Gasteiger partial charge is 0.175 e. The van der Waals surface area contributed by atoms with Gasteiger partial charge in [0.2, 0.25) is 0 Å². The molecule has 0 bridgehead atoms. The van der Waals surface area contributed by atoms with Gasteiger partial charge >= 0.3 is 0 Å². The number of hydrogen-bond acceptors (Lipinski definition) is 3. The molecule has 0 spiro atoms. The Kier molecular flexibility index (Phi) is 6.95. The maximum atomic E-state index is 5.56. The van der Waals surface area contributed by atoms with E-state index in [0.29, 0.717) is 12.6 Å². The van der Waals surface area contributed by atoms with Crippen LogP contribution in [0.1, 0.15) is 26.3 Å². The van der Waals surface area contributed by atoms with Gasteiger partial charge in [0.25, 0.3) is 0 Å². The summed E-state index contributed by atoms with van der Waals surface area (Å²) in [5, 5.41) is 3.34. The highest BCUT2D eigenvalue weighted by molar-refractivity contribution is 9.10. The van der Waals surface area contributed by atoms with Crippen LogP contribution in [0.2, 0.25) is 0 Å². The molecule has 0 amide bonds. The minimum absolute atomic E-state index is 0.492. The molecule has 0 aliphatic rings. The Morgan fingerprint density at radius 1 is 1.37 bits per heavy atom. The van der Waals surface area contributed by atoms with Crippen molar-refractivity contribution in [3.63, 3.8) is 0 Å². The van der Waals surface area contributed by atoms with Crippen LogP contribution < -0.4 is 14.8 Å². The van der Waals surface area contributed by atoms with Crippen LogP contribution in [0.3, 0.4) is 0 Å². The van der Waals surface area contributed by atoms with Gasteiger partial charge in [0, 0.05) is 12.6 Å². The van der Waals surface area contributed by atoms with Gasteiger partial charge in [0.15, 0.2) is 11.5 Å². The number of ether oxygens (including phenoxy) is 2. The van der Waals surface area contributed by atoms with Crippen molar-refractivity contribution >= 4 is 22.0 Å². The fourth-order valence-corrected chi connectivity index (χ4v) is 2.19. The summed E-state index contributed by atoms with van der Waals surface area (Å²) in [6, 6.07) is 4.49. The molecule has 0 atom stereocenters. The van der Waals surface area contributed by atoms with Gasteiger partial charge in [-0.2, -0.15) is 0 Å². The third-order valence-electron chi connectivity index (χ3n) is 2.49. The Labute approximate surface area is 124 Å². The van der Waals surface area contributed by atoms with E-state index in [0.717, 1.165) is 28.1 Å². The Morgan fingerprint density at radius 2 is 2.11 bits per heavy atom. The van der Waals surface area contributed by atoms with Crippen molar-refractivity contribution in [2.45, 2.75) is 26.8 Å². The van der Waals surface area contributed by atoms with Crippen molar-refractivity contribution in [2.24, 2.45) is 0 Å². The monoisotopic (exact) mass is 327 g/mol. The van der Waals surface area contributed by atoms with Crippen molar-refractivity contribution in [3.05, 3.63) is 28.2 Å². The normalized spacial score (nSPS) is 11.3. The standard InChI is InChI=1S/C15H22BrNO2/c1-5-19-15-13(16)9-12(10-14(15)18-4)7-6-8-17-11(2)3/h6-7,9-11,17H,5,8H2,1-4H3. The number of methoxy groups -OCH3 is 1. The average molecular weight is 328 g/mol. The molecule has 3 nitrogen and oxygen atoms in total. The van der Waals surface area contributed by atoms with E-state index in [-0.39, 0.29) is 0 Å². The van der Waals surface area contributed by atoms with E-state index in [4.69, 9.17) is 9.47 Å². The zero-order valence-corrected chi connectivity index (χ0v) is 13.6. The van der Waals surface area contributed by atoms with Crippen molar-refractivity contribution < 1.29 is 9.47 Å². The molecule has 19 heavy (non-hydrogen) atoms. The van der Waals surface area contributed by atoms with Crippen molar-refractivity contribution in [2.75, 3.05) is 20.3 Å². The minimum atomic E-state index is 0.492. The third kappa shape index (κ3) is 5.25. The second kappa shape index (κ2) is 8.23. The van der Waals surface area contributed by atoms with E-state index in [2.05, 4.69) is 47.2 Å². The zero-order chi connectivity index (χ0) is 14.3. The summed E-state index contributed by atoms with van der Waals surface area (Å²) in [6.07, 6.45) is 4.17. The Balaban J connectivity index is 2.83. The van der Waals surface area contributed by atoms with Crippen molar-refractivity contribution in [1.29, 1.82) is 0 Å². The minimum Gasteiger partial charge on any atom is -0.493 e. The molecule has 0 aromatic heterocycles. The summed E-state index contributed by atoms with van der Waals surface area (Å²) in [4.78, 5) is 0. The molecule has 0 saturated carbocycles. The lowest BCUT2D eigenvalue weighted by atomic mass is 10.2. The quantitative estimate of drug-likeness (QED) is 0.824. The van der Waals surface area contributed by atoms with Gasteiger partial charge in [-0.3, -0.25) is 0 Å². The number of nitrogens with one attached hydrogen (secondary N) is 1. The molecule has 0 aliphatic carbocycles. The van der Waals surface area contributed by atoms with E-state index in [1.54, 1.807) is 7.11 Å². The van der Waals surface area contributed by atoms with E-state index in [9.17, 15) is 0 Å². The summed E-state index contributed by atoms with van der Waals surface area (Å²) in [5.41, 5.74) is 1.08. The Bertz CT molecular complexity index is 430. The van der Waals surface area contributed by atoms with Gasteiger partial charge in [0.05, 0.1) is 18.2 Å². The van der Waals surface area contributed by atoms with Crippen LogP contribution in [0, 0.1) is 0 Å². The first-order valence-electron chi connectivity index (χ1n) is 6.48. The predicted molar refractivity (Wildman–Crippen MR) is 84.0 cm³/mol. The molecule has 0 radical (unpaired) electrons. The van der Waals surface area contributed by atoms with Crippen LogP contribution in [0.5, 0.6) is 11.5 Å². The summed E-state index contributed by atoms with van der Waals surface area (Å²) in [6.45, 7) is 7.68. The van der Waals surface area contributed by atoms with Crippen molar-refractivity contribution in [3.8, 4) is 11.5 Å². The number of hydrogen-bond donors (Lipinski definition) is 1. The van der Waals surface area contributed by atoms with Crippen LogP contribution in [0.4, 0.5) is 0 Å². The largest absolute Gasteiger partial charge is 0.493 e. The summed E-state index contributed by atoms with van der Waals surface area (Å²) in [5.74, 6) is 1.50. The van der Waals surface area contributed by atoms with Crippen LogP contribution in [-0.2, 0) is 0 Å². The first kappa shape index (κ1) is 16.1. The SMILES string of the molecule is CCOc1c(Br)cc(C=CCNC(C)C)cc1OC. The second-order valence-electron chi connectivity index (χ2n) is 4.43. The Morgan fingerprint density at radius 3 is 2.68 bits per heavy atom. The van der Waals surface area contributed by atoms with Crippen LogP contribution >= 0.6 is 15.9 Å². The molecule has 0 fully saturated rings. The van der Waals surface area contributed by atoms with E-state index in [1.165, 1.54) is 0 Å². The van der Waals surface area contributed by atoms with Gasteiger partial charge in [-0.25, -0.2) is 0 Å². The molecule has 106 valence electrons. The van der Waals surface area contributed by atoms with Crippen LogP contribution in [-0.4, -0.2) is 26.3 Å². The lowest BCUT2D eigenvalue weighted by molar-refractivity contribution is 0.309. The van der Waals surface area contributed by atoms with Gasteiger partial charge in [-0.15, -0.1) is 0 Å². The van der Waals surface area contributed by atoms with Crippen LogP contribution in [0.15, 0.2) is 22.7 Å². The van der Waals surface area contributed by atoms with Gasteiger partial charge < -0.3 is 14.8 Å². The zero-order valence-electron chi connectivity index (χ0n) is 12.0. The van der Waals surface area contributed by atoms with Gasteiger partial charge in [-0.1, -0.05) is 26.0 Å². The summed E-state index contributed by atoms with van der Waals surface area (Å²) in [7, 11) is 1.65. The van der Waals surface area contributed by atoms with Gasteiger partial charge in [0.1, 0.15) is 0 Å². The number of rotatable bonds is 7. The lowest BCUT2D eigenvalue weighted by Crippen LogP contribution is -2.22. The molecule has 1 aromatic rings. The molecule has 4 heteroatoms. The third-order valence-corrected chi connectivity index (χ3v) is 3.08. The first-order chi connectivity index (χ1) is 9.08.